The molecule has 1 saturated carbocycles. The third-order valence-corrected chi connectivity index (χ3v) is 7.53. The maximum atomic E-state index is 12.8. The molecule has 0 spiro atoms. The minimum Gasteiger partial charge on any atom is -0.481 e. The first-order chi connectivity index (χ1) is 14.7. The van der Waals surface area contributed by atoms with Gasteiger partial charge in [0.15, 0.2) is 0 Å². The van der Waals surface area contributed by atoms with Crippen molar-refractivity contribution in [2.75, 3.05) is 6.54 Å². The fourth-order valence-corrected chi connectivity index (χ4v) is 5.55. The van der Waals surface area contributed by atoms with Crippen molar-refractivity contribution in [2.45, 2.75) is 84.0 Å². The van der Waals surface area contributed by atoms with E-state index in [0.29, 0.717) is 6.42 Å². The minimum absolute atomic E-state index is 0.0364. The number of carbonyl (C=O) groups excluding carboxylic acids is 1. The van der Waals surface area contributed by atoms with Crippen LogP contribution < -0.4 is 0 Å². The molecule has 1 aliphatic heterocycles. The van der Waals surface area contributed by atoms with E-state index in [4.69, 9.17) is 16.7 Å². The first-order valence-electron chi connectivity index (χ1n) is 11.7. The summed E-state index contributed by atoms with van der Waals surface area (Å²) >= 11 is 6.73. The Kier molecular flexibility index (Phi) is 7.85. The van der Waals surface area contributed by atoms with Gasteiger partial charge in [-0.05, 0) is 47.4 Å². The number of benzene rings is 1. The van der Waals surface area contributed by atoms with E-state index in [1.807, 2.05) is 12.3 Å². The molecule has 1 atom stereocenters. The van der Waals surface area contributed by atoms with Crippen LogP contribution in [0.25, 0.3) is 0 Å². The Bertz CT molecular complexity index is 841. The van der Waals surface area contributed by atoms with E-state index in [9.17, 15) is 9.59 Å². The normalized spacial score (nSPS) is 22.7. The monoisotopic (exact) mass is 445 g/mol. The highest BCUT2D eigenvalue weighted by molar-refractivity contribution is 6.31. The molecule has 170 valence electrons. The molecule has 1 aliphatic carbocycles. The predicted octanol–water partition coefficient (Wildman–Crippen LogP) is 6.36. The lowest BCUT2D eigenvalue weighted by atomic mass is 9.68. The van der Waals surface area contributed by atoms with Gasteiger partial charge in [0, 0.05) is 29.6 Å². The summed E-state index contributed by atoms with van der Waals surface area (Å²) in [6.07, 6.45) is 11.1. The number of hydrogen-bond donors (Lipinski definition) is 1. The molecule has 1 fully saturated rings. The fraction of sp³-hybridized carbons (Fsp3) is 0.615. The first kappa shape index (κ1) is 23.8. The molecule has 1 aromatic rings. The van der Waals surface area contributed by atoms with Gasteiger partial charge in [-0.1, -0.05) is 76.6 Å². The van der Waals surface area contributed by atoms with E-state index in [1.165, 1.54) is 44.1 Å². The van der Waals surface area contributed by atoms with Crippen LogP contribution in [0.1, 0.15) is 83.3 Å². The van der Waals surface area contributed by atoms with Crippen molar-refractivity contribution >= 4 is 23.5 Å². The molecule has 5 heteroatoms. The fourth-order valence-electron chi connectivity index (χ4n) is 5.28. The van der Waals surface area contributed by atoms with Crippen LogP contribution in [0.2, 0.25) is 5.02 Å². The molecule has 0 aromatic heterocycles. The van der Waals surface area contributed by atoms with Gasteiger partial charge in [-0.2, -0.15) is 0 Å². The van der Waals surface area contributed by atoms with Gasteiger partial charge in [0.05, 0.1) is 6.42 Å². The lowest BCUT2D eigenvalue weighted by Gasteiger charge is -2.41. The van der Waals surface area contributed by atoms with Crippen LogP contribution >= 0.6 is 11.6 Å². The highest BCUT2D eigenvalue weighted by Crippen LogP contribution is 2.43. The number of allylic oxidation sites excluding steroid dienone is 1. The average Bonchev–Trinajstić information content (AvgIpc) is 2.72. The lowest BCUT2D eigenvalue weighted by Crippen LogP contribution is -2.42. The molecule has 0 unspecified atom stereocenters. The van der Waals surface area contributed by atoms with Crippen molar-refractivity contribution in [1.82, 2.24) is 4.90 Å². The standard InChI is InChI=1S/C26H36ClNO3/c1-18(2)22-17-28(14-13-25(30)31)24(29)16-26(22,3)21-12-11-20(23(27)15-21)10-9-19-7-5-4-6-8-19/h11-12,15,17-19H,4-10,13-14,16H2,1-3H3,(H,30,31)/t26-/m1/s1. The number of aliphatic carboxylic acids is 1. The van der Waals surface area contributed by atoms with E-state index in [0.717, 1.165) is 28.5 Å². The van der Waals surface area contributed by atoms with Gasteiger partial charge >= 0.3 is 5.97 Å². The van der Waals surface area contributed by atoms with Crippen molar-refractivity contribution in [2.24, 2.45) is 11.8 Å². The van der Waals surface area contributed by atoms with Crippen molar-refractivity contribution in [3.05, 3.63) is 46.1 Å². The molecular formula is C26H36ClNO3. The molecule has 2 aliphatic rings. The number of halogens is 1. The molecule has 1 aromatic carbocycles. The zero-order valence-electron chi connectivity index (χ0n) is 19.1. The van der Waals surface area contributed by atoms with Crippen LogP contribution in [0.3, 0.4) is 0 Å². The molecule has 0 radical (unpaired) electrons. The lowest BCUT2D eigenvalue weighted by molar-refractivity contribution is -0.138. The molecule has 31 heavy (non-hydrogen) atoms. The average molecular weight is 446 g/mol. The number of carboxylic acid groups (broad SMARTS) is 1. The summed E-state index contributed by atoms with van der Waals surface area (Å²) in [5.74, 6) is 0.127. The van der Waals surface area contributed by atoms with Gasteiger partial charge in [-0.25, -0.2) is 0 Å². The van der Waals surface area contributed by atoms with Crippen LogP contribution in [0, 0.1) is 11.8 Å². The van der Waals surface area contributed by atoms with Crippen LogP contribution in [0.5, 0.6) is 0 Å². The molecule has 0 bridgehead atoms. The van der Waals surface area contributed by atoms with Gasteiger partial charge in [-0.3, -0.25) is 9.59 Å². The third-order valence-electron chi connectivity index (χ3n) is 7.18. The molecule has 3 rings (SSSR count). The summed E-state index contributed by atoms with van der Waals surface area (Å²) in [6.45, 7) is 6.56. The number of carboxylic acids is 1. The number of rotatable bonds is 8. The largest absolute Gasteiger partial charge is 0.481 e. The van der Waals surface area contributed by atoms with Crippen molar-refractivity contribution in [3.63, 3.8) is 0 Å². The van der Waals surface area contributed by atoms with E-state index < -0.39 is 11.4 Å². The SMILES string of the molecule is CC(C)C1=CN(CCC(=O)O)C(=O)C[C@]1(C)c1ccc(CCC2CCCCC2)c(Cl)c1. The topological polar surface area (TPSA) is 57.6 Å². The Hall–Kier alpha value is -1.81. The maximum Gasteiger partial charge on any atom is 0.305 e. The van der Waals surface area contributed by atoms with Crippen LogP contribution in [-0.2, 0) is 21.4 Å². The Balaban J connectivity index is 1.80. The maximum absolute atomic E-state index is 12.8. The van der Waals surface area contributed by atoms with Crippen LogP contribution in [0.4, 0.5) is 0 Å². The summed E-state index contributed by atoms with van der Waals surface area (Å²) in [5, 5.41) is 9.79. The Labute approximate surface area is 191 Å². The molecule has 1 amide bonds. The second-order valence-electron chi connectivity index (χ2n) is 9.83. The smallest absolute Gasteiger partial charge is 0.305 e. The van der Waals surface area contributed by atoms with Crippen LogP contribution in [0.15, 0.2) is 30.0 Å². The van der Waals surface area contributed by atoms with E-state index in [-0.39, 0.29) is 24.8 Å². The quantitative estimate of drug-likeness (QED) is 0.506. The molecule has 4 nitrogen and oxygen atoms in total. The Morgan fingerprint density at radius 1 is 1.26 bits per heavy atom. The second kappa shape index (κ2) is 10.2. The van der Waals surface area contributed by atoms with Gasteiger partial charge in [0.25, 0.3) is 0 Å². The van der Waals surface area contributed by atoms with Crippen LogP contribution in [-0.4, -0.2) is 28.4 Å². The molecule has 0 saturated heterocycles. The Morgan fingerprint density at radius 3 is 2.58 bits per heavy atom. The number of amides is 1. The van der Waals surface area contributed by atoms with Gasteiger partial charge < -0.3 is 10.0 Å². The summed E-state index contributed by atoms with van der Waals surface area (Å²) in [4.78, 5) is 25.4. The molecule has 1 heterocycles. The summed E-state index contributed by atoms with van der Waals surface area (Å²) in [7, 11) is 0. The zero-order chi connectivity index (χ0) is 22.6. The van der Waals surface area contributed by atoms with Crippen molar-refractivity contribution in [3.8, 4) is 0 Å². The van der Waals surface area contributed by atoms with Gasteiger partial charge in [-0.15, -0.1) is 0 Å². The number of nitrogens with zero attached hydrogens (tertiary/aromatic N) is 1. The van der Waals surface area contributed by atoms with Crippen molar-refractivity contribution < 1.29 is 14.7 Å². The Morgan fingerprint density at radius 2 is 1.97 bits per heavy atom. The number of aryl methyl sites for hydroxylation is 1. The van der Waals surface area contributed by atoms with E-state index in [1.54, 1.807) is 4.90 Å². The summed E-state index contributed by atoms with van der Waals surface area (Å²) in [5.41, 5.74) is 2.96. The predicted molar refractivity (Wildman–Crippen MR) is 125 cm³/mol. The second-order valence-corrected chi connectivity index (χ2v) is 10.2. The number of hydrogen-bond acceptors (Lipinski definition) is 2. The highest BCUT2D eigenvalue weighted by Gasteiger charge is 2.40. The molecule has 1 N–H and O–H groups in total. The summed E-state index contributed by atoms with van der Waals surface area (Å²) in [6, 6.07) is 6.33. The van der Waals surface area contributed by atoms with Crippen molar-refractivity contribution in [1.29, 1.82) is 0 Å². The minimum atomic E-state index is -0.892. The third kappa shape index (κ3) is 5.71. The van der Waals surface area contributed by atoms with Gasteiger partial charge in [0.1, 0.15) is 0 Å². The van der Waals surface area contributed by atoms with Gasteiger partial charge in [0.2, 0.25) is 5.91 Å². The highest BCUT2D eigenvalue weighted by atomic mass is 35.5. The van der Waals surface area contributed by atoms with E-state index in [2.05, 4.69) is 32.9 Å². The number of carbonyl (C=O) groups is 2. The first-order valence-corrected chi connectivity index (χ1v) is 12.1. The zero-order valence-corrected chi connectivity index (χ0v) is 19.9. The summed E-state index contributed by atoms with van der Waals surface area (Å²) < 4.78 is 0. The van der Waals surface area contributed by atoms with E-state index >= 15 is 0 Å². The molecular weight excluding hydrogens is 410 g/mol.